The van der Waals surface area contributed by atoms with Gasteiger partial charge in [-0.15, -0.1) is 0 Å². The number of nitrogens with zero attached hydrogens (tertiary/aromatic N) is 3. The highest BCUT2D eigenvalue weighted by atomic mass is 35.5. The third-order valence-corrected chi connectivity index (χ3v) is 4.98. The van der Waals surface area contributed by atoms with Crippen LogP contribution in [-0.4, -0.2) is 33.3 Å². The highest BCUT2D eigenvalue weighted by Crippen LogP contribution is 2.18. The number of hydrogen-bond donors (Lipinski definition) is 1. The molecule has 28 heavy (non-hydrogen) atoms. The van der Waals surface area contributed by atoms with Crippen LogP contribution in [-0.2, 0) is 17.9 Å². The van der Waals surface area contributed by atoms with Gasteiger partial charge in [0.1, 0.15) is 5.65 Å². The summed E-state index contributed by atoms with van der Waals surface area (Å²) in [6.07, 6.45) is 5.04. The average molecular weight is 397 g/mol. The first kappa shape index (κ1) is 20.1. The molecule has 0 spiro atoms. The monoisotopic (exact) mass is 396 g/mol. The topological polar surface area (TPSA) is 49.6 Å². The molecule has 0 unspecified atom stereocenters. The number of pyridine rings is 1. The van der Waals surface area contributed by atoms with Gasteiger partial charge >= 0.3 is 0 Å². The lowest BCUT2D eigenvalue weighted by molar-refractivity contribution is -0.116. The van der Waals surface area contributed by atoms with E-state index in [-0.39, 0.29) is 5.91 Å². The van der Waals surface area contributed by atoms with Crippen molar-refractivity contribution >= 4 is 29.2 Å². The Morgan fingerprint density at radius 1 is 1.14 bits per heavy atom. The number of carbonyl (C=O) groups excluding carboxylic acids is 1. The van der Waals surface area contributed by atoms with Crippen LogP contribution in [0.25, 0.3) is 11.7 Å². The number of halogens is 1. The van der Waals surface area contributed by atoms with E-state index in [1.165, 1.54) is 11.6 Å². The highest BCUT2D eigenvalue weighted by molar-refractivity contribution is 6.31. The highest BCUT2D eigenvalue weighted by Gasteiger charge is 2.07. The number of imidazole rings is 1. The molecule has 0 saturated carbocycles. The fraction of sp³-hybridized carbons (Fsp3) is 0.273. The molecule has 0 fully saturated rings. The summed E-state index contributed by atoms with van der Waals surface area (Å²) < 4.78 is 1.85. The number of rotatable bonds is 8. The maximum Gasteiger partial charge on any atom is 0.244 e. The van der Waals surface area contributed by atoms with E-state index in [0.717, 1.165) is 30.8 Å². The minimum absolute atomic E-state index is 0.172. The van der Waals surface area contributed by atoms with Gasteiger partial charge in [-0.2, -0.15) is 0 Å². The van der Waals surface area contributed by atoms with E-state index >= 15 is 0 Å². The summed E-state index contributed by atoms with van der Waals surface area (Å²) in [6.45, 7) is 7.84. The van der Waals surface area contributed by atoms with Gasteiger partial charge in [0.25, 0.3) is 0 Å². The van der Waals surface area contributed by atoms with Crippen molar-refractivity contribution < 1.29 is 4.79 Å². The molecule has 6 heteroatoms. The average Bonchev–Trinajstić information content (AvgIpc) is 3.04. The van der Waals surface area contributed by atoms with Crippen LogP contribution < -0.4 is 5.32 Å². The van der Waals surface area contributed by atoms with Crippen LogP contribution in [0.15, 0.2) is 54.7 Å². The number of fused-ring (bicyclic) bond motifs is 1. The number of benzene rings is 1. The van der Waals surface area contributed by atoms with Crippen LogP contribution in [0.2, 0.25) is 5.15 Å². The molecule has 0 aliphatic rings. The van der Waals surface area contributed by atoms with Gasteiger partial charge in [-0.3, -0.25) is 14.1 Å². The van der Waals surface area contributed by atoms with E-state index in [2.05, 4.69) is 53.3 Å². The lowest BCUT2D eigenvalue weighted by atomic mass is 10.1. The first-order valence-corrected chi connectivity index (χ1v) is 9.87. The normalized spacial score (nSPS) is 11.6. The van der Waals surface area contributed by atoms with Crippen molar-refractivity contribution in [3.63, 3.8) is 0 Å². The smallest absolute Gasteiger partial charge is 0.244 e. The SMILES string of the molecule is CCN(CC)Cc1ccc(CNC(=O)/C=C/c2c(Cl)nc3ccccn23)cc1. The molecule has 1 amide bonds. The van der Waals surface area contributed by atoms with Gasteiger partial charge in [-0.05, 0) is 42.4 Å². The summed E-state index contributed by atoms with van der Waals surface area (Å²) in [6, 6.07) is 14.0. The Labute approximate surface area is 170 Å². The third kappa shape index (κ3) is 5.00. The molecular weight excluding hydrogens is 372 g/mol. The summed E-state index contributed by atoms with van der Waals surface area (Å²) in [5.41, 5.74) is 3.78. The second-order valence-electron chi connectivity index (χ2n) is 6.55. The molecular formula is C22H25ClN4O. The second kappa shape index (κ2) is 9.53. The first-order valence-electron chi connectivity index (χ1n) is 9.49. The molecule has 0 aliphatic heterocycles. The maximum atomic E-state index is 12.2. The molecule has 0 aliphatic carbocycles. The molecule has 1 aromatic carbocycles. The molecule has 146 valence electrons. The predicted molar refractivity (Wildman–Crippen MR) is 114 cm³/mol. The number of nitrogens with one attached hydrogen (secondary N) is 1. The molecule has 1 N–H and O–H groups in total. The van der Waals surface area contributed by atoms with Gasteiger partial charge in [-0.25, -0.2) is 4.98 Å². The number of hydrogen-bond acceptors (Lipinski definition) is 3. The van der Waals surface area contributed by atoms with E-state index in [9.17, 15) is 4.79 Å². The van der Waals surface area contributed by atoms with Gasteiger partial charge in [0.05, 0.1) is 5.69 Å². The molecule has 0 saturated heterocycles. The van der Waals surface area contributed by atoms with Crippen LogP contribution in [0.3, 0.4) is 0 Å². The summed E-state index contributed by atoms with van der Waals surface area (Å²) >= 11 is 6.18. The third-order valence-electron chi connectivity index (χ3n) is 4.70. The van der Waals surface area contributed by atoms with E-state index in [1.54, 1.807) is 6.08 Å². The zero-order chi connectivity index (χ0) is 19.9. The van der Waals surface area contributed by atoms with Gasteiger partial charge < -0.3 is 5.32 Å². The number of carbonyl (C=O) groups is 1. The molecule has 3 aromatic rings. The van der Waals surface area contributed by atoms with Gasteiger partial charge in [-0.1, -0.05) is 55.8 Å². The Kier molecular flexibility index (Phi) is 6.85. The van der Waals surface area contributed by atoms with Crippen molar-refractivity contribution in [3.8, 4) is 0 Å². The first-order chi connectivity index (χ1) is 13.6. The van der Waals surface area contributed by atoms with Crippen LogP contribution >= 0.6 is 11.6 Å². The van der Waals surface area contributed by atoms with Crippen molar-refractivity contribution in [1.29, 1.82) is 0 Å². The summed E-state index contributed by atoms with van der Waals surface area (Å²) in [4.78, 5) is 18.8. The van der Waals surface area contributed by atoms with Crippen LogP contribution in [0.4, 0.5) is 0 Å². The van der Waals surface area contributed by atoms with E-state index in [0.29, 0.717) is 17.4 Å². The standard InChI is InChI=1S/C22H25ClN4O/c1-3-26(4-2)16-18-10-8-17(9-11-18)15-24-21(28)13-12-19-22(23)25-20-7-5-6-14-27(19)20/h5-14H,3-4,15-16H2,1-2H3,(H,24,28)/b13-12+. The molecule has 2 heterocycles. The number of amides is 1. The lowest BCUT2D eigenvalue weighted by Gasteiger charge is -2.18. The van der Waals surface area contributed by atoms with Gasteiger partial charge in [0.15, 0.2) is 5.15 Å². The Hall–Kier alpha value is -2.63. The number of aromatic nitrogens is 2. The molecule has 0 atom stereocenters. The minimum atomic E-state index is -0.172. The lowest BCUT2D eigenvalue weighted by Crippen LogP contribution is -2.22. The molecule has 0 radical (unpaired) electrons. The van der Waals surface area contributed by atoms with E-state index in [1.807, 2.05) is 28.8 Å². The second-order valence-corrected chi connectivity index (χ2v) is 6.90. The van der Waals surface area contributed by atoms with Crippen LogP contribution in [0.1, 0.15) is 30.7 Å². The van der Waals surface area contributed by atoms with Crippen molar-refractivity contribution in [2.45, 2.75) is 26.9 Å². The van der Waals surface area contributed by atoms with Crippen LogP contribution in [0, 0.1) is 0 Å². The van der Waals surface area contributed by atoms with E-state index in [4.69, 9.17) is 11.6 Å². The fourth-order valence-corrected chi connectivity index (χ4v) is 3.25. The maximum absolute atomic E-state index is 12.2. The minimum Gasteiger partial charge on any atom is -0.348 e. The molecule has 5 nitrogen and oxygen atoms in total. The van der Waals surface area contributed by atoms with Crippen molar-refractivity contribution in [2.75, 3.05) is 13.1 Å². The fourth-order valence-electron chi connectivity index (χ4n) is 3.01. The molecule has 3 rings (SSSR count). The largest absolute Gasteiger partial charge is 0.348 e. The van der Waals surface area contributed by atoms with E-state index < -0.39 is 0 Å². The van der Waals surface area contributed by atoms with Crippen molar-refractivity contribution in [2.24, 2.45) is 0 Å². The predicted octanol–water partition coefficient (Wildman–Crippen LogP) is 4.16. The quantitative estimate of drug-likeness (QED) is 0.581. The van der Waals surface area contributed by atoms with Crippen molar-refractivity contribution in [1.82, 2.24) is 19.6 Å². The van der Waals surface area contributed by atoms with Gasteiger partial charge in [0, 0.05) is 25.4 Å². The zero-order valence-electron chi connectivity index (χ0n) is 16.2. The zero-order valence-corrected chi connectivity index (χ0v) is 17.0. The Bertz CT molecular complexity index is 958. The Balaban J connectivity index is 1.56. The molecule has 2 aromatic heterocycles. The summed E-state index contributed by atoms with van der Waals surface area (Å²) in [5, 5.41) is 3.28. The van der Waals surface area contributed by atoms with Gasteiger partial charge in [0.2, 0.25) is 5.91 Å². The van der Waals surface area contributed by atoms with Crippen LogP contribution in [0.5, 0.6) is 0 Å². The Morgan fingerprint density at radius 2 is 1.86 bits per heavy atom. The summed E-state index contributed by atoms with van der Waals surface area (Å²) in [5.74, 6) is -0.172. The summed E-state index contributed by atoms with van der Waals surface area (Å²) in [7, 11) is 0. The Morgan fingerprint density at radius 3 is 2.57 bits per heavy atom. The van der Waals surface area contributed by atoms with Crippen molar-refractivity contribution in [3.05, 3.63) is 76.7 Å². The molecule has 0 bridgehead atoms.